The molecule has 3 nitrogen and oxygen atoms in total. The Morgan fingerprint density at radius 2 is 2.00 bits per heavy atom. The van der Waals surface area contributed by atoms with Crippen LogP contribution in [0.3, 0.4) is 0 Å². The van der Waals surface area contributed by atoms with Crippen molar-refractivity contribution in [2.24, 2.45) is 0 Å². The van der Waals surface area contributed by atoms with Gasteiger partial charge in [0.25, 0.3) is 5.56 Å². The van der Waals surface area contributed by atoms with Crippen LogP contribution in [-0.4, -0.2) is 14.6 Å². The Morgan fingerprint density at radius 3 is 2.53 bits per heavy atom. The fourth-order valence-corrected chi connectivity index (χ4v) is 1.45. The fourth-order valence-electron chi connectivity index (χ4n) is 1.35. The van der Waals surface area contributed by atoms with Gasteiger partial charge in [0, 0.05) is 10.9 Å². The van der Waals surface area contributed by atoms with Gasteiger partial charge in [0.1, 0.15) is 0 Å². The maximum absolute atomic E-state index is 11.6. The van der Waals surface area contributed by atoms with Crippen molar-refractivity contribution in [3.8, 4) is 5.69 Å². The van der Waals surface area contributed by atoms with Gasteiger partial charge >= 0.3 is 0 Å². The van der Waals surface area contributed by atoms with Crippen molar-refractivity contribution in [1.29, 1.82) is 0 Å². The lowest BCUT2D eigenvalue weighted by Crippen LogP contribution is -2.13. The van der Waals surface area contributed by atoms with Gasteiger partial charge in [0.2, 0.25) is 0 Å². The average Bonchev–Trinajstić information content (AvgIpc) is 2.62. The summed E-state index contributed by atoms with van der Waals surface area (Å²) in [4.78, 5) is 12.3. The molecule has 0 unspecified atom stereocenters. The molecule has 0 bridgehead atoms. The first-order valence-electron chi connectivity index (χ1n) is 4.57. The molecule has 0 spiro atoms. The molecule has 0 saturated heterocycles. The van der Waals surface area contributed by atoms with Crippen molar-refractivity contribution in [2.45, 2.75) is 6.92 Å². The van der Waals surface area contributed by atoms with Gasteiger partial charge in [-0.3, -0.25) is 9.89 Å². The first-order chi connectivity index (χ1) is 7.18. The Morgan fingerprint density at radius 1 is 1.33 bits per heavy atom. The second kappa shape index (κ2) is 3.82. The van der Waals surface area contributed by atoms with Gasteiger partial charge in [-0.1, -0.05) is 30.4 Å². The number of H-pyrrole nitrogens is 1. The number of hydrogen-bond acceptors (Lipinski definition) is 2. The van der Waals surface area contributed by atoms with Gasteiger partial charge in [-0.25, -0.2) is 4.68 Å². The number of aromatic nitrogens is 2. The Balaban J connectivity index is 2.55. The first-order valence-corrected chi connectivity index (χ1v) is 4.98. The van der Waals surface area contributed by atoms with Crippen LogP contribution in [0.2, 0.25) is 0 Å². The molecule has 0 aliphatic carbocycles. The van der Waals surface area contributed by atoms with E-state index in [1.54, 1.807) is 6.92 Å². The summed E-state index contributed by atoms with van der Waals surface area (Å²) < 4.78 is 1.48. The van der Waals surface area contributed by atoms with Crippen LogP contribution in [0.25, 0.3) is 5.69 Å². The number of rotatable bonds is 2. The first kappa shape index (κ1) is 9.86. The summed E-state index contributed by atoms with van der Waals surface area (Å²) in [5.74, 6) is 0. The molecule has 76 valence electrons. The van der Waals surface area contributed by atoms with Crippen molar-refractivity contribution < 1.29 is 0 Å². The predicted molar refractivity (Wildman–Crippen MR) is 63.8 cm³/mol. The number of para-hydroxylation sites is 1. The molecule has 0 aliphatic heterocycles. The molecule has 1 heterocycles. The SMILES string of the molecule is CC(=S)c1cc(=O)n(-c2ccccc2)[nH]1. The average molecular weight is 218 g/mol. The zero-order chi connectivity index (χ0) is 10.8. The van der Waals surface area contributed by atoms with Gasteiger partial charge in [0.15, 0.2) is 0 Å². The molecule has 0 amide bonds. The summed E-state index contributed by atoms with van der Waals surface area (Å²) >= 11 is 5.00. The highest BCUT2D eigenvalue weighted by atomic mass is 32.1. The van der Waals surface area contributed by atoms with Crippen LogP contribution < -0.4 is 5.56 Å². The topological polar surface area (TPSA) is 37.8 Å². The highest BCUT2D eigenvalue weighted by molar-refractivity contribution is 7.80. The standard InChI is InChI=1S/C11H10N2OS/c1-8(15)10-7-11(14)13(12-10)9-5-3-2-4-6-9/h2-7,12H,1H3. The van der Waals surface area contributed by atoms with E-state index in [0.717, 1.165) is 5.69 Å². The minimum Gasteiger partial charge on any atom is -0.290 e. The molecule has 1 aromatic carbocycles. The predicted octanol–water partition coefficient (Wildman–Crippen LogP) is 1.90. The largest absolute Gasteiger partial charge is 0.290 e. The summed E-state index contributed by atoms with van der Waals surface area (Å²) in [6.07, 6.45) is 0. The Hall–Kier alpha value is -1.68. The maximum Gasteiger partial charge on any atom is 0.271 e. The third-order valence-corrected chi connectivity index (χ3v) is 2.33. The number of benzene rings is 1. The summed E-state index contributed by atoms with van der Waals surface area (Å²) in [6, 6.07) is 10.9. The normalized spacial score (nSPS) is 10.2. The number of hydrogen-bond donors (Lipinski definition) is 1. The lowest BCUT2D eigenvalue weighted by molar-refractivity contribution is 0.846. The van der Waals surface area contributed by atoms with Crippen molar-refractivity contribution in [1.82, 2.24) is 9.78 Å². The zero-order valence-corrected chi connectivity index (χ0v) is 9.04. The van der Waals surface area contributed by atoms with E-state index in [1.807, 2.05) is 30.3 Å². The van der Waals surface area contributed by atoms with Crippen LogP contribution in [0, 0.1) is 0 Å². The van der Waals surface area contributed by atoms with E-state index in [9.17, 15) is 4.79 Å². The Bertz CT molecular complexity index is 539. The molecular formula is C11H10N2OS. The van der Waals surface area contributed by atoms with E-state index < -0.39 is 0 Å². The molecule has 15 heavy (non-hydrogen) atoms. The van der Waals surface area contributed by atoms with Crippen molar-refractivity contribution in [2.75, 3.05) is 0 Å². The van der Waals surface area contributed by atoms with Gasteiger partial charge in [-0.2, -0.15) is 0 Å². The lowest BCUT2D eigenvalue weighted by Gasteiger charge is -2.00. The molecule has 1 N–H and O–H groups in total. The number of nitrogens with zero attached hydrogens (tertiary/aromatic N) is 1. The molecule has 4 heteroatoms. The van der Waals surface area contributed by atoms with Crippen LogP contribution in [0.4, 0.5) is 0 Å². The second-order valence-electron chi connectivity index (χ2n) is 3.24. The van der Waals surface area contributed by atoms with E-state index in [0.29, 0.717) is 10.6 Å². The molecule has 0 aliphatic rings. The summed E-state index contributed by atoms with van der Waals surface area (Å²) in [7, 11) is 0. The third kappa shape index (κ3) is 1.89. The van der Waals surface area contributed by atoms with E-state index in [1.165, 1.54) is 10.7 Å². The van der Waals surface area contributed by atoms with Crippen molar-refractivity contribution >= 4 is 17.1 Å². The molecule has 0 saturated carbocycles. The highest BCUT2D eigenvalue weighted by Crippen LogP contribution is 2.03. The molecule has 1 aromatic heterocycles. The van der Waals surface area contributed by atoms with Gasteiger partial charge in [-0.05, 0) is 19.1 Å². The molecule has 0 fully saturated rings. The molecule has 2 rings (SSSR count). The summed E-state index contributed by atoms with van der Waals surface area (Å²) in [5, 5.41) is 2.96. The zero-order valence-electron chi connectivity index (χ0n) is 8.23. The number of thiocarbonyl (C=S) groups is 1. The smallest absolute Gasteiger partial charge is 0.271 e. The van der Waals surface area contributed by atoms with Crippen molar-refractivity contribution in [3.05, 3.63) is 52.4 Å². The monoisotopic (exact) mass is 218 g/mol. The van der Waals surface area contributed by atoms with Gasteiger partial charge in [0.05, 0.1) is 11.4 Å². The summed E-state index contributed by atoms with van der Waals surface area (Å²) in [5.41, 5.74) is 1.41. The number of nitrogens with one attached hydrogen (secondary N) is 1. The van der Waals surface area contributed by atoms with E-state index >= 15 is 0 Å². The van der Waals surface area contributed by atoms with Crippen LogP contribution >= 0.6 is 12.2 Å². The van der Waals surface area contributed by atoms with E-state index in [-0.39, 0.29) is 5.56 Å². The van der Waals surface area contributed by atoms with E-state index in [2.05, 4.69) is 5.10 Å². The highest BCUT2D eigenvalue weighted by Gasteiger charge is 2.05. The van der Waals surface area contributed by atoms with Gasteiger partial charge in [-0.15, -0.1) is 0 Å². The summed E-state index contributed by atoms with van der Waals surface area (Å²) in [6.45, 7) is 1.79. The molecule has 0 atom stereocenters. The fraction of sp³-hybridized carbons (Fsp3) is 0.0909. The minimum absolute atomic E-state index is 0.0969. The lowest BCUT2D eigenvalue weighted by atomic mass is 10.3. The molecule has 0 radical (unpaired) electrons. The number of aromatic amines is 1. The molecule has 2 aromatic rings. The molecular weight excluding hydrogens is 208 g/mol. The Kier molecular flexibility index (Phi) is 2.51. The minimum atomic E-state index is -0.0969. The van der Waals surface area contributed by atoms with Crippen molar-refractivity contribution in [3.63, 3.8) is 0 Å². The third-order valence-electron chi connectivity index (χ3n) is 2.11. The van der Waals surface area contributed by atoms with Crippen LogP contribution in [-0.2, 0) is 0 Å². The van der Waals surface area contributed by atoms with Gasteiger partial charge < -0.3 is 0 Å². The maximum atomic E-state index is 11.6. The quantitative estimate of drug-likeness (QED) is 0.617. The van der Waals surface area contributed by atoms with E-state index in [4.69, 9.17) is 12.2 Å². The van der Waals surface area contributed by atoms with Crippen LogP contribution in [0.1, 0.15) is 12.6 Å². The Labute approximate surface area is 92.3 Å². The van der Waals surface area contributed by atoms with Crippen LogP contribution in [0.5, 0.6) is 0 Å². The van der Waals surface area contributed by atoms with Crippen LogP contribution in [0.15, 0.2) is 41.2 Å². The second-order valence-corrected chi connectivity index (χ2v) is 3.85.